The number of rotatable bonds is 10. The quantitative estimate of drug-likeness (QED) is 0.508. The van der Waals surface area contributed by atoms with Crippen LogP contribution in [0, 0.1) is 5.92 Å². The van der Waals surface area contributed by atoms with Crippen LogP contribution in [0.2, 0.25) is 5.02 Å². The van der Waals surface area contributed by atoms with Gasteiger partial charge in [-0.25, -0.2) is 8.93 Å². The minimum atomic E-state index is -0.929. The van der Waals surface area contributed by atoms with Crippen LogP contribution in [0.3, 0.4) is 0 Å². The molecule has 0 radical (unpaired) electrons. The summed E-state index contributed by atoms with van der Waals surface area (Å²) >= 11 is 6.29. The molecule has 172 valence electrons. The van der Waals surface area contributed by atoms with Crippen molar-refractivity contribution >= 4 is 22.6 Å². The molecule has 0 aromatic heterocycles. The van der Waals surface area contributed by atoms with E-state index in [0.29, 0.717) is 31.0 Å². The molecule has 0 amide bonds. The summed E-state index contributed by atoms with van der Waals surface area (Å²) in [4.78, 5) is 2.66. The molecule has 0 spiro atoms. The van der Waals surface area contributed by atoms with Crippen LogP contribution < -0.4 is 9.46 Å². The monoisotopic (exact) mass is 472 g/mol. The molecule has 3 atom stereocenters. The van der Waals surface area contributed by atoms with E-state index in [0.717, 1.165) is 29.4 Å². The number of hydrogen-bond donors (Lipinski definition) is 1. The fourth-order valence-corrected chi connectivity index (χ4v) is 6.51. The van der Waals surface area contributed by atoms with Gasteiger partial charge in [-0.1, -0.05) is 29.8 Å². The largest absolute Gasteiger partial charge is 0.492 e. The van der Waals surface area contributed by atoms with Crippen LogP contribution >= 0.6 is 11.6 Å². The van der Waals surface area contributed by atoms with Gasteiger partial charge in [-0.2, -0.15) is 0 Å². The molecule has 1 heterocycles. The smallest absolute Gasteiger partial charge is 0.119 e. The zero-order valence-electron chi connectivity index (χ0n) is 18.6. The van der Waals surface area contributed by atoms with Gasteiger partial charge in [0.05, 0.1) is 11.0 Å². The van der Waals surface area contributed by atoms with Gasteiger partial charge < -0.3 is 4.74 Å². The lowest BCUT2D eigenvalue weighted by molar-refractivity contribution is 0.0876. The zero-order valence-corrected chi connectivity index (χ0v) is 20.2. The molecule has 4 nitrogen and oxygen atoms in total. The van der Waals surface area contributed by atoms with Crippen LogP contribution in [-0.2, 0) is 23.8 Å². The molecule has 6 heteroatoms. The van der Waals surface area contributed by atoms with Crippen molar-refractivity contribution in [2.45, 2.75) is 50.5 Å². The Bertz CT molecular complexity index is 961. The minimum Gasteiger partial charge on any atom is -0.492 e. The number of nitrogens with one attached hydrogen (secondary N) is 1. The van der Waals surface area contributed by atoms with Crippen molar-refractivity contribution in [2.24, 2.45) is 5.92 Å². The second-order valence-corrected chi connectivity index (χ2v) is 11.2. The van der Waals surface area contributed by atoms with Crippen LogP contribution in [0.15, 0.2) is 42.5 Å². The second kappa shape index (κ2) is 10.3. The molecule has 1 aliphatic heterocycles. The highest BCUT2D eigenvalue weighted by atomic mass is 35.5. The SMILES string of the molecule is O=S(CC1CC1)NCCOc1ccc2c(c1)C(Cc1cccc(Cl)c1)C(N1CCC1)CC2. The van der Waals surface area contributed by atoms with Gasteiger partial charge in [0.2, 0.25) is 0 Å². The third-order valence-electron chi connectivity index (χ3n) is 7.11. The number of ether oxygens (including phenoxy) is 1. The first kappa shape index (κ1) is 22.4. The average Bonchev–Trinajstić information content (AvgIpc) is 3.55. The van der Waals surface area contributed by atoms with E-state index in [9.17, 15) is 4.21 Å². The molecule has 5 rings (SSSR count). The molecular formula is C26H33ClN2O2S. The number of aryl methyl sites for hydroxylation is 1. The highest BCUT2D eigenvalue weighted by molar-refractivity contribution is 7.83. The third-order valence-corrected chi connectivity index (χ3v) is 8.65. The number of halogens is 1. The van der Waals surface area contributed by atoms with Crippen LogP contribution in [0.5, 0.6) is 5.75 Å². The van der Waals surface area contributed by atoms with Gasteiger partial charge in [-0.3, -0.25) is 4.90 Å². The Morgan fingerprint density at radius 3 is 2.75 bits per heavy atom. The summed E-state index contributed by atoms with van der Waals surface area (Å²) in [6.07, 6.45) is 7.12. The summed E-state index contributed by atoms with van der Waals surface area (Å²) in [7, 11) is -0.929. The molecular weight excluding hydrogens is 440 g/mol. The fraction of sp³-hybridized carbons (Fsp3) is 0.538. The number of fused-ring (bicyclic) bond motifs is 1. The van der Waals surface area contributed by atoms with Crippen molar-refractivity contribution in [1.82, 2.24) is 9.62 Å². The maximum atomic E-state index is 12.0. The average molecular weight is 473 g/mol. The molecule has 2 fully saturated rings. The van der Waals surface area contributed by atoms with Crippen molar-refractivity contribution < 1.29 is 8.95 Å². The van der Waals surface area contributed by atoms with Crippen molar-refractivity contribution in [3.63, 3.8) is 0 Å². The molecule has 2 aromatic carbocycles. The van der Waals surface area contributed by atoms with E-state index in [2.05, 4.69) is 46.0 Å². The van der Waals surface area contributed by atoms with Gasteiger partial charge >= 0.3 is 0 Å². The highest BCUT2D eigenvalue weighted by Gasteiger charge is 2.36. The molecule has 2 aliphatic carbocycles. The Kier molecular flexibility index (Phi) is 7.17. The molecule has 1 saturated heterocycles. The van der Waals surface area contributed by atoms with Gasteiger partial charge in [0.1, 0.15) is 12.4 Å². The van der Waals surface area contributed by atoms with E-state index in [1.807, 2.05) is 6.07 Å². The molecule has 3 unspecified atom stereocenters. The van der Waals surface area contributed by atoms with Gasteiger partial charge in [-0.05, 0) is 98.5 Å². The van der Waals surface area contributed by atoms with Gasteiger partial charge in [0.15, 0.2) is 0 Å². The Morgan fingerprint density at radius 2 is 2.00 bits per heavy atom. The Hall–Kier alpha value is -1.40. The summed E-state index contributed by atoms with van der Waals surface area (Å²) in [6.45, 7) is 3.57. The summed E-state index contributed by atoms with van der Waals surface area (Å²) in [5.41, 5.74) is 4.18. The van der Waals surface area contributed by atoms with Crippen molar-refractivity contribution in [3.8, 4) is 5.75 Å². The van der Waals surface area contributed by atoms with Gasteiger partial charge in [0.25, 0.3) is 0 Å². The van der Waals surface area contributed by atoms with Crippen LogP contribution in [0.25, 0.3) is 0 Å². The molecule has 32 heavy (non-hydrogen) atoms. The Morgan fingerprint density at radius 1 is 1.12 bits per heavy atom. The van der Waals surface area contributed by atoms with Crippen LogP contribution in [0.1, 0.15) is 48.3 Å². The van der Waals surface area contributed by atoms with Crippen molar-refractivity contribution in [2.75, 3.05) is 32.0 Å². The summed E-state index contributed by atoms with van der Waals surface area (Å²) in [5.74, 6) is 2.81. The predicted molar refractivity (Wildman–Crippen MR) is 132 cm³/mol. The highest BCUT2D eigenvalue weighted by Crippen LogP contribution is 2.40. The summed E-state index contributed by atoms with van der Waals surface area (Å²) in [6, 6.07) is 15.5. The summed E-state index contributed by atoms with van der Waals surface area (Å²) in [5, 5.41) is 0.808. The molecule has 2 aromatic rings. The van der Waals surface area contributed by atoms with Crippen LogP contribution in [-0.4, -0.2) is 47.1 Å². The van der Waals surface area contributed by atoms with E-state index in [-0.39, 0.29) is 0 Å². The van der Waals surface area contributed by atoms with Gasteiger partial charge in [-0.15, -0.1) is 0 Å². The number of likely N-dealkylation sites (tertiary alicyclic amines) is 1. The molecule has 1 N–H and O–H groups in total. The number of hydrogen-bond acceptors (Lipinski definition) is 3. The minimum absolute atomic E-state index is 0.449. The molecule has 0 bridgehead atoms. The van der Waals surface area contributed by atoms with Crippen molar-refractivity contribution in [1.29, 1.82) is 0 Å². The van der Waals surface area contributed by atoms with E-state index in [1.54, 1.807) is 0 Å². The summed E-state index contributed by atoms with van der Waals surface area (Å²) < 4.78 is 21.2. The van der Waals surface area contributed by atoms with Crippen molar-refractivity contribution in [3.05, 3.63) is 64.2 Å². The van der Waals surface area contributed by atoms with Gasteiger partial charge in [0, 0.05) is 29.3 Å². The lowest BCUT2D eigenvalue weighted by Gasteiger charge is -2.45. The normalized spacial score (nSPS) is 23.9. The first-order valence-corrected chi connectivity index (χ1v) is 13.7. The van der Waals surface area contributed by atoms with E-state index >= 15 is 0 Å². The van der Waals surface area contributed by atoms with E-state index < -0.39 is 11.0 Å². The fourth-order valence-electron chi connectivity index (χ4n) is 5.10. The maximum Gasteiger partial charge on any atom is 0.119 e. The van der Waals surface area contributed by atoms with E-state index in [4.69, 9.17) is 16.3 Å². The Balaban J connectivity index is 1.28. The predicted octanol–water partition coefficient (Wildman–Crippen LogP) is 4.73. The second-order valence-electron chi connectivity index (χ2n) is 9.50. The van der Waals surface area contributed by atoms with Crippen LogP contribution in [0.4, 0.5) is 0 Å². The zero-order chi connectivity index (χ0) is 21.9. The standard InChI is InChI=1S/C26H33ClN2O2S/c27-22-4-1-3-20(15-22)16-25-24-17-23(31-14-11-28-32(30)18-19-5-6-19)9-7-21(24)8-10-26(25)29-12-2-13-29/h1,3-4,7,9,15,17,19,25-26,28H,2,5-6,8,10-14,16,18H2. The number of nitrogens with zero attached hydrogens (tertiary/aromatic N) is 1. The molecule has 1 saturated carbocycles. The first-order chi connectivity index (χ1) is 15.7. The Labute approximate surface area is 199 Å². The molecule has 3 aliphatic rings. The first-order valence-electron chi connectivity index (χ1n) is 12.0. The third kappa shape index (κ3) is 5.56. The topological polar surface area (TPSA) is 41.6 Å². The maximum absolute atomic E-state index is 12.0. The van der Waals surface area contributed by atoms with E-state index in [1.165, 1.54) is 55.5 Å². The lowest BCUT2D eigenvalue weighted by Crippen LogP contribution is -2.49. The number of benzene rings is 2. The lowest BCUT2D eigenvalue weighted by atomic mass is 9.75.